The molecule has 0 aliphatic heterocycles. The van der Waals surface area contributed by atoms with E-state index in [1.54, 1.807) is 23.6 Å². The fourth-order valence-electron chi connectivity index (χ4n) is 3.07. The number of hydrogen-bond acceptors (Lipinski definition) is 5. The molecule has 0 spiro atoms. The number of aromatic amines is 2. The molecule has 4 aromatic rings. The number of carbonyl (C=O) groups excluding carboxylic acids is 1. The summed E-state index contributed by atoms with van der Waals surface area (Å²) in [7, 11) is 3.36. The molecule has 1 amide bonds. The van der Waals surface area contributed by atoms with Gasteiger partial charge in [0, 0.05) is 12.6 Å². The highest BCUT2D eigenvalue weighted by atomic mass is 32.1. The summed E-state index contributed by atoms with van der Waals surface area (Å²) in [5.74, 6) is 1.98. The van der Waals surface area contributed by atoms with Crippen molar-refractivity contribution >= 4 is 29.2 Å². The SMILES string of the molecule is COc1ccc(-c2n[nH]c(=S)n2CC(=O)N(C)Cc2nc3ccccc3[nH]2)cc1. The van der Waals surface area contributed by atoms with E-state index in [0.717, 1.165) is 28.2 Å². The molecule has 0 unspecified atom stereocenters. The molecular formula is C20H20N6O2S. The van der Waals surface area contributed by atoms with E-state index in [9.17, 15) is 4.79 Å². The number of benzene rings is 2. The third-order valence-corrected chi connectivity index (χ3v) is 4.96. The largest absolute Gasteiger partial charge is 0.497 e. The summed E-state index contributed by atoms with van der Waals surface area (Å²) in [6.45, 7) is 0.448. The normalized spacial score (nSPS) is 11.0. The molecule has 2 N–H and O–H groups in total. The molecule has 2 heterocycles. The summed E-state index contributed by atoms with van der Waals surface area (Å²) in [5.41, 5.74) is 2.66. The number of nitrogens with one attached hydrogen (secondary N) is 2. The molecule has 2 aromatic heterocycles. The van der Waals surface area contributed by atoms with E-state index in [4.69, 9.17) is 17.0 Å². The fraction of sp³-hybridized carbons (Fsp3) is 0.200. The van der Waals surface area contributed by atoms with E-state index in [2.05, 4.69) is 20.2 Å². The number of carbonyl (C=O) groups is 1. The lowest BCUT2D eigenvalue weighted by Crippen LogP contribution is -2.30. The van der Waals surface area contributed by atoms with Crippen molar-refractivity contribution in [3.05, 3.63) is 59.1 Å². The summed E-state index contributed by atoms with van der Waals surface area (Å²) in [6, 6.07) is 15.2. The molecule has 2 aromatic carbocycles. The van der Waals surface area contributed by atoms with Crippen LogP contribution in [0.1, 0.15) is 5.82 Å². The Morgan fingerprint density at radius 1 is 1.21 bits per heavy atom. The smallest absolute Gasteiger partial charge is 0.242 e. The van der Waals surface area contributed by atoms with E-state index >= 15 is 0 Å². The number of H-pyrrole nitrogens is 2. The Balaban J connectivity index is 1.51. The van der Waals surface area contributed by atoms with Gasteiger partial charge in [-0.1, -0.05) is 12.1 Å². The highest BCUT2D eigenvalue weighted by Gasteiger charge is 2.16. The fourth-order valence-corrected chi connectivity index (χ4v) is 3.27. The summed E-state index contributed by atoms with van der Waals surface area (Å²) >= 11 is 5.33. The molecule has 4 rings (SSSR count). The van der Waals surface area contributed by atoms with Crippen LogP contribution in [0, 0.1) is 4.77 Å². The lowest BCUT2D eigenvalue weighted by Gasteiger charge is -2.16. The number of nitrogens with zero attached hydrogens (tertiary/aromatic N) is 4. The zero-order valence-electron chi connectivity index (χ0n) is 16.0. The number of amides is 1. The van der Waals surface area contributed by atoms with Crippen LogP contribution in [-0.4, -0.2) is 49.7 Å². The molecule has 0 radical (unpaired) electrons. The second kappa shape index (κ2) is 7.88. The van der Waals surface area contributed by atoms with E-state index in [1.165, 1.54) is 0 Å². The first-order valence-corrected chi connectivity index (χ1v) is 9.43. The number of fused-ring (bicyclic) bond motifs is 1. The molecular weight excluding hydrogens is 388 g/mol. The summed E-state index contributed by atoms with van der Waals surface area (Å²) in [4.78, 5) is 22.2. The van der Waals surface area contributed by atoms with Gasteiger partial charge in [0.2, 0.25) is 5.91 Å². The van der Waals surface area contributed by atoms with Crippen LogP contribution in [-0.2, 0) is 17.9 Å². The summed E-state index contributed by atoms with van der Waals surface area (Å²) < 4.78 is 7.27. The molecule has 148 valence electrons. The quantitative estimate of drug-likeness (QED) is 0.478. The van der Waals surface area contributed by atoms with Crippen molar-refractivity contribution in [2.45, 2.75) is 13.1 Å². The molecule has 0 bridgehead atoms. The summed E-state index contributed by atoms with van der Waals surface area (Å²) in [5, 5.41) is 7.05. The average Bonchev–Trinajstić information content (AvgIpc) is 3.31. The van der Waals surface area contributed by atoms with Crippen molar-refractivity contribution in [2.24, 2.45) is 0 Å². The number of aromatic nitrogens is 5. The molecule has 29 heavy (non-hydrogen) atoms. The maximum Gasteiger partial charge on any atom is 0.242 e. The minimum Gasteiger partial charge on any atom is -0.497 e. The second-order valence-corrected chi connectivity index (χ2v) is 7.00. The monoisotopic (exact) mass is 408 g/mol. The molecule has 9 heteroatoms. The van der Waals surface area contributed by atoms with Gasteiger partial charge in [0.25, 0.3) is 0 Å². The first-order chi connectivity index (χ1) is 14.0. The van der Waals surface area contributed by atoms with E-state index in [1.807, 2.05) is 48.5 Å². The lowest BCUT2D eigenvalue weighted by atomic mass is 10.2. The van der Waals surface area contributed by atoms with Crippen LogP contribution in [0.2, 0.25) is 0 Å². The minimum atomic E-state index is -0.0993. The predicted molar refractivity (Wildman–Crippen MR) is 112 cm³/mol. The number of methoxy groups -OCH3 is 1. The maximum absolute atomic E-state index is 12.8. The third-order valence-electron chi connectivity index (χ3n) is 4.65. The summed E-state index contributed by atoms with van der Waals surface area (Å²) in [6.07, 6.45) is 0. The van der Waals surface area contributed by atoms with Crippen molar-refractivity contribution in [1.29, 1.82) is 0 Å². The Kier molecular flexibility index (Phi) is 5.13. The Bertz CT molecular complexity index is 1170. The highest BCUT2D eigenvalue weighted by molar-refractivity contribution is 7.71. The van der Waals surface area contributed by atoms with Gasteiger partial charge in [-0.25, -0.2) is 4.98 Å². The van der Waals surface area contributed by atoms with Crippen molar-refractivity contribution in [2.75, 3.05) is 14.2 Å². The van der Waals surface area contributed by atoms with Crippen molar-refractivity contribution in [3.63, 3.8) is 0 Å². The third kappa shape index (κ3) is 3.90. The number of ether oxygens (including phenoxy) is 1. The van der Waals surface area contributed by atoms with Crippen molar-refractivity contribution in [1.82, 2.24) is 29.6 Å². The first-order valence-electron chi connectivity index (χ1n) is 9.02. The number of rotatable bonds is 6. The Labute approximate surface area is 172 Å². The molecule has 0 atom stereocenters. The van der Waals surface area contributed by atoms with E-state index in [0.29, 0.717) is 17.1 Å². The highest BCUT2D eigenvalue weighted by Crippen LogP contribution is 2.21. The molecule has 8 nitrogen and oxygen atoms in total. The van der Waals surface area contributed by atoms with Crippen LogP contribution in [0.25, 0.3) is 22.4 Å². The maximum atomic E-state index is 12.8. The van der Waals surface area contributed by atoms with E-state index in [-0.39, 0.29) is 12.5 Å². The van der Waals surface area contributed by atoms with Gasteiger partial charge >= 0.3 is 0 Å². The van der Waals surface area contributed by atoms with Crippen LogP contribution in [0.5, 0.6) is 5.75 Å². The van der Waals surface area contributed by atoms with Gasteiger partial charge in [-0.3, -0.25) is 14.5 Å². The van der Waals surface area contributed by atoms with Gasteiger partial charge in [0.05, 0.1) is 24.7 Å². The van der Waals surface area contributed by atoms with Crippen LogP contribution >= 0.6 is 12.2 Å². The zero-order valence-corrected chi connectivity index (χ0v) is 16.9. The van der Waals surface area contributed by atoms with Crippen LogP contribution < -0.4 is 4.74 Å². The number of likely N-dealkylation sites (N-methyl/N-ethyl adjacent to an activating group) is 1. The molecule has 0 saturated carbocycles. The average molecular weight is 408 g/mol. The second-order valence-electron chi connectivity index (χ2n) is 6.62. The molecule has 0 aliphatic carbocycles. The van der Waals surface area contributed by atoms with Gasteiger partial charge in [-0.2, -0.15) is 5.10 Å². The first kappa shape index (κ1) is 18.9. The number of imidazole rings is 1. The van der Waals surface area contributed by atoms with Crippen LogP contribution in [0.4, 0.5) is 0 Å². The molecule has 0 aliphatic rings. The van der Waals surface area contributed by atoms with Gasteiger partial charge in [-0.05, 0) is 48.6 Å². The van der Waals surface area contributed by atoms with Crippen molar-refractivity contribution < 1.29 is 9.53 Å². The minimum absolute atomic E-state index is 0.0768. The van der Waals surface area contributed by atoms with Gasteiger partial charge in [0.1, 0.15) is 18.1 Å². The Morgan fingerprint density at radius 3 is 2.69 bits per heavy atom. The Morgan fingerprint density at radius 2 is 1.97 bits per heavy atom. The van der Waals surface area contributed by atoms with Crippen LogP contribution in [0.15, 0.2) is 48.5 Å². The van der Waals surface area contributed by atoms with E-state index < -0.39 is 0 Å². The molecule has 0 saturated heterocycles. The topological polar surface area (TPSA) is 91.8 Å². The molecule has 0 fully saturated rings. The lowest BCUT2D eigenvalue weighted by molar-refractivity contribution is -0.131. The zero-order chi connectivity index (χ0) is 20.4. The van der Waals surface area contributed by atoms with Gasteiger partial charge < -0.3 is 14.6 Å². The number of para-hydroxylation sites is 2. The van der Waals surface area contributed by atoms with Crippen molar-refractivity contribution in [3.8, 4) is 17.1 Å². The Hall–Kier alpha value is -3.46. The predicted octanol–water partition coefficient (Wildman–Crippen LogP) is 3.15. The van der Waals surface area contributed by atoms with Gasteiger partial charge in [0.15, 0.2) is 10.6 Å². The standard InChI is InChI=1S/C20H20N6O2S/c1-25(11-17-21-15-5-3-4-6-16(15)22-17)18(27)12-26-19(23-24-20(26)29)13-7-9-14(28-2)10-8-13/h3-10H,11-12H2,1-2H3,(H,21,22)(H,24,29). The van der Waals surface area contributed by atoms with Crippen LogP contribution in [0.3, 0.4) is 0 Å². The number of hydrogen-bond donors (Lipinski definition) is 2. The van der Waals surface area contributed by atoms with Gasteiger partial charge in [-0.15, -0.1) is 0 Å².